The van der Waals surface area contributed by atoms with Gasteiger partial charge >= 0.3 is 0 Å². The molecule has 0 aliphatic carbocycles. The number of benzene rings is 1. The average Bonchev–Trinajstić information content (AvgIpc) is 2.89. The molecule has 0 aliphatic rings. The van der Waals surface area contributed by atoms with E-state index in [4.69, 9.17) is 4.74 Å². The summed E-state index contributed by atoms with van der Waals surface area (Å²) in [6.07, 6.45) is 1.09. The van der Waals surface area contributed by atoms with Crippen molar-refractivity contribution in [3.05, 3.63) is 54.1 Å². The molecule has 22 heavy (non-hydrogen) atoms. The van der Waals surface area contributed by atoms with Gasteiger partial charge in [-0.1, -0.05) is 12.1 Å². The predicted octanol–water partition coefficient (Wildman–Crippen LogP) is 2.93. The van der Waals surface area contributed by atoms with E-state index >= 15 is 0 Å². The van der Waals surface area contributed by atoms with Gasteiger partial charge in [-0.25, -0.2) is 4.98 Å². The molecule has 0 bridgehead atoms. The monoisotopic (exact) mass is 297 g/mol. The fourth-order valence-corrected chi connectivity index (χ4v) is 2.50. The van der Waals surface area contributed by atoms with E-state index in [0.717, 1.165) is 22.5 Å². The van der Waals surface area contributed by atoms with Crippen LogP contribution in [0.25, 0.3) is 11.0 Å². The Morgan fingerprint density at radius 2 is 2.05 bits per heavy atom. The minimum Gasteiger partial charge on any atom is -0.492 e. The number of imidazole rings is 1. The lowest BCUT2D eigenvalue weighted by Gasteiger charge is -2.11. The molecule has 114 valence electrons. The number of hydrogen-bond acceptors (Lipinski definition) is 4. The van der Waals surface area contributed by atoms with Crippen molar-refractivity contribution in [1.82, 2.24) is 14.5 Å². The first-order valence-electron chi connectivity index (χ1n) is 7.40. The Morgan fingerprint density at radius 3 is 2.73 bits per heavy atom. The van der Waals surface area contributed by atoms with Crippen molar-refractivity contribution in [3.63, 3.8) is 0 Å². The molecule has 5 nitrogen and oxygen atoms in total. The number of nitrogens with zero attached hydrogens (tertiary/aromatic N) is 3. The van der Waals surface area contributed by atoms with E-state index in [9.17, 15) is 5.11 Å². The number of fused-ring (bicyclic) bond motifs is 1. The maximum absolute atomic E-state index is 9.97. The third-order valence-corrected chi connectivity index (χ3v) is 3.49. The Kier molecular flexibility index (Phi) is 4.06. The van der Waals surface area contributed by atoms with E-state index in [-0.39, 0.29) is 0 Å². The first kappa shape index (κ1) is 14.5. The highest BCUT2D eigenvalue weighted by molar-refractivity contribution is 5.76. The SMILES string of the molecule is CCOc1ccc(Cn2c([C@H](C)O)nc3ccccc32)nc1. The first-order valence-corrected chi connectivity index (χ1v) is 7.40. The van der Waals surface area contributed by atoms with E-state index in [1.54, 1.807) is 13.1 Å². The summed E-state index contributed by atoms with van der Waals surface area (Å²) >= 11 is 0. The molecule has 1 atom stereocenters. The van der Waals surface area contributed by atoms with Crippen molar-refractivity contribution in [2.75, 3.05) is 6.61 Å². The minimum absolute atomic E-state index is 0.563. The van der Waals surface area contributed by atoms with Gasteiger partial charge in [0, 0.05) is 0 Å². The van der Waals surface area contributed by atoms with Gasteiger partial charge in [0.2, 0.25) is 0 Å². The Bertz CT molecular complexity index is 763. The van der Waals surface area contributed by atoms with Gasteiger partial charge < -0.3 is 14.4 Å². The lowest BCUT2D eigenvalue weighted by molar-refractivity contribution is 0.185. The number of hydrogen-bond donors (Lipinski definition) is 1. The summed E-state index contributed by atoms with van der Waals surface area (Å²) in [6, 6.07) is 11.7. The maximum atomic E-state index is 9.97. The maximum Gasteiger partial charge on any atom is 0.138 e. The Balaban J connectivity index is 1.97. The quantitative estimate of drug-likeness (QED) is 0.786. The molecule has 3 rings (SSSR count). The van der Waals surface area contributed by atoms with Crippen LogP contribution in [0.2, 0.25) is 0 Å². The molecule has 1 N–H and O–H groups in total. The number of aliphatic hydroxyl groups is 1. The second kappa shape index (κ2) is 6.15. The molecular weight excluding hydrogens is 278 g/mol. The molecule has 0 unspecified atom stereocenters. The minimum atomic E-state index is -0.630. The van der Waals surface area contributed by atoms with E-state index in [1.165, 1.54) is 0 Å². The van der Waals surface area contributed by atoms with E-state index in [2.05, 4.69) is 9.97 Å². The third-order valence-electron chi connectivity index (χ3n) is 3.49. The van der Waals surface area contributed by atoms with Crippen molar-refractivity contribution in [2.45, 2.75) is 26.5 Å². The van der Waals surface area contributed by atoms with Crippen LogP contribution in [0.4, 0.5) is 0 Å². The molecule has 2 heterocycles. The highest BCUT2D eigenvalue weighted by atomic mass is 16.5. The summed E-state index contributed by atoms with van der Waals surface area (Å²) < 4.78 is 7.41. The molecule has 3 aromatic rings. The van der Waals surface area contributed by atoms with Crippen LogP contribution >= 0.6 is 0 Å². The molecule has 0 amide bonds. The Hall–Kier alpha value is -2.40. The average molecular weight is 297 g/mol. The zero-order chi connectivity index (χ0) is 15.5. The summed E-state index contributed by atoms with van der Waals surface area (Å²) in [4.78, 5) is 8.94. The van der Waals surface area contributed by atoms with Crippen molar-refractivity contribution in [3.8, 4) is 5.75 Å². The second-order valence-corrected chi connectivity index (χ2v) is 5.14. The van der Waals surface area contributed by atoms with Gasteiger partial charge in [-0.15, -0.1) is 0 Å². The van der Waals surface area contributed by atoms with E-state index in [1.807, 2.05) is 47.9 Å². The Morgan fingerprint density at radius 1 is 1.23 bits per heavy atom. The van der Waals surface area contributed by atoms with E-state index in [0.29, 0.717) is 19.0 Å². The molecule has 0 spiro atoms. The van der Waals surface area contributed by atoms with Crippen LogP contribution in [-0.2, 0) is 6.54 Å². The number of para-hydroxylation sites is 2. The van der Waals surface area contributed by atoms with Crippen molar-refractivity contribution >= 4 is 11.0 Å². The third kappa shape index (κ3) is 2.80. The molecule has 0 radical (unpaired) electrons. The normalized spacial score (nSPS) is 12.5. The number of ether oxygens (including phenoxy) is 1. The second-order valence-electron chi connectivity index (χ2n) is 5.14. The zero-order valence-electron chi connectivity index (χ0n) is 12.7. The van der Waals surface area contributed by atoms with Gasteiger partial charge in [0.15, 0.2) is 0 Å². The molecule has 2 aromatic heterocycles. The number of aromatic nitrogens is 3. The smallest absolute Gasteiger partial charge is 0.138 e. The molecule has 1 aromatic carbocycles. The summed E-state index contributed by atoms with van der Waals surface area (Å²) in [7, 11) is 0. The molecule has 5 heteroatoms. The van der Waals surface area contributed by atoms with Crippen LogP contribution < -0.4 is 4.74 Å². The summed E-state index contributed by atoms with van der Waals surface area (Å²) in [5.41, 5.74) is 2.77. The number of pyridine rings is 1. The molecule has 0 saturated heterocycles. The van der Waals surface area contributed by atoms with E-state index < -0.39 is 6.10 Å². The number of rotatable bonds is 5. The van der Waals surface area contributed by atoms with Gasteiger partial charge in [0.05, 0.1) is 36.1 Å². The topological polar surface area (TPSA) is 60.2 Å². The van der Waals surface area contributed by atoms with Gasteiger partial charge in [0.25, 0.3) is 0 Å². The largest absolute Gasteiger partial charge is 0.492 e. The van der Waals surface area contributed by atoms with Gasteiger partial charge in [-0.3, -0.25) is 4.98 Å². The van der Waals surface area contributed by atoms with Crippen LogP contribution in [0, 0.1) is 0 Å². The lowest BCUT2D eigenvalue weighted by Crippen LogP contribution is -2.09. The summed E-state index contributed by atoms with van der Waals surface area (Å²) in [5.74, 6) is 1.41. The molecule has 0 aliphatic heterocycles. The zero-order valence-corrected chi connectivity index (χ0v) is 12.7. The van der Waals surface area contributed by atoms with Crippen LogP contribution in [0.15, 0.2) is 42.6 Å². The van der Waals surface area contributed by atoms with Crippen molar-refractivity contribution in [2.24, 2.45) is 0 Å². The van der Waals surface area contributed by atoms with Crippen LogP contribution in [0.1, 0.15) is 31.5 Å². The highest BCUT2D eigenvalue weighted by Gasteiger charge is 2.15. The Labute approximate surface area is 129 Å². The predicted molar refractivity (Wildman–Crippen MR) is 84.9 cm³/mol. The molecule has 0 saturated carbocycles. The van der Waals surface area contributed by atoms with Gasteiger partial charge in [0.1, 0.15) is 17.7 Å². The van der Waals surface area contributed by atoms with Gasteiger partial charge in [-0.05, 0) is 38.1 Å². The summed E-state index contributed by atoms with van der Waals surface area (Å²) in [5, 5.41) is 9.97. The number of aliphatic hydroxyl groups excluding tert-OH is 1. The van der Waals surface area contributed by atoms with Gasteiger partial charge in [-0.2, -0.15) is 0 Å². The lowest BCUT2D eigenvalue weighted by atomic mass is 10.3. The van der Waals surface area contributed by atoms with Crippen LogP contribution in [0.5, 0.6) is 5.75 Å². The fourth-order valence-electron chi connectivity index (χ4n) is 2.50. The highest BCUT2D eigenvalue weighted by Crippen LogP contribution is 2.22. The standard InChI is InChI=1S/C17H19N3O2/c1-3-22-14-9-8-13(18-10-14)11-20-16-7-5-4-6-15(16)19-17(20)12(2)21/h4-10,12,21H,3,11H2,1-2H3/t12-/m0/s1. The fraction of sp³-hybridized carbons (Fsp3) is 0.294. The molecule has 0 fully saturated rings. The van der Waals surface area contributed by atoms with Crippen molar-refractivity contribution < 1.29 is 9.84 Å². The van der Waals surface area contributed by atoms with Crippen LogP contribution in [0.3, 0.4) is 0 Å². The first-order chi connectivity index (χ1) is 10.7. The van der Waals surface area contributed by atoms with Crippen molar-refractivity contribution in [1.29, 1.82) is 0 Å². The molecular formula is C17H19N3O2. The summed E-state index contributed by atoms with van der Waals surface area (Å²) in [6.45, 7) is 4.86. The van der Waals surface area contributed by atoms with Crippen LogP contribution in [-0.4, -0.2) is 26.2 Å².